The summed E-state index contributed by atoms with van der Waals surface area (Å²) in [5.41, 5.74) is 2.69. The second-order valence-corrected chi connectivity index (χ2v) is 7.75. The third-order valence-electron chi connectivity index (χ3n) is 3.95. The Morgan fingerprint density at radius 2 is 1.65 bits per heavy atom. The van der Waals surface area contributed by atoms with Crippen molar-refractivity contribution in [2.75, 3.05) is 0 Å². The number of hydrogen-bond donors (Lipinski definition) is 2. The molecule has 2 aromatic rings. The molecule has 0 aliphatic rings. The first-order valence-electron chi connectivity index (χ1n) is 7.66. The van der Waals surface area contributed by atoms with E-state index in [1.807, 2.05) is 45.0 Å². The molecule has 124 valence electrons. The van der Waals surface area contributed by atoms with Crippen LogP contribution in [0.4, 0.5) is 0 Å². The minimum absolute atomic E-state index is 0.0166. The fourth-order valence-electron chi connectivity index (χ4n) is 2.12. The van der Waals surface area contributed by atoms with E-state index in [0.29, 0.717) is 0 Å². The van der Waals surface area contributed by atoms with Gasteiger partial charge in [0.2, 0.25) is 10.0 Å². The standard InChI is InChI=1S/C18H23NO3S/c1-13(2)14(3)19-23(21,22)18-9-7-16(8-10-18)17-6-4-5-15(11-17)12-20/h4-11,13-14,19-20H,12H2,1-3H3/t14-/m0/s1. The second kappa shape index (κ2) is 7.25. The Kier molecular flexibility index (Phi) is 5.57. The lowest BCUT2D eigenvalue weighted by molar-refractivity contribution is 0.282. The van der Waals surface area contributed by atoms with E-state index in [2.05, 4.69) is 4.72 Å². The summed E-state index contributed by atoms with van der Waals surface area (Å²) in [6, 6.07) is 14.2. The van der Waals surface area contributed by atoms with Crippen LogP contribution in [0.3, 0.4) is 0 Å². The fourth-order valence-corrected chi connectivity index (χ4v) is 3.52. The van der Waals surface area contributed by atoms with Crippen molar-refractivity contribution < 1.29 is 13.5 Å². The van der Waals surface area contributed by atoms with Gasteiger partial charge in [-0.05, 0) is 47.7 Å². The summed E-state index contributed by atoms with van der Waals surface area (Å²) in [5, 5.41) is 9.20. The predicted molar refractivity (Wildman–Crippen MR) is 92.4 cm³/mol. The second-order valence-electron chi connectivity index (χ2n) is 6.04. The van der Waals surface area contributed by atoms with E-state index in [0.717, 1.165) is 16.7 Å². The van der Waals surface area contributed by atoms with Crippen molar-refractivity contribution in [3.05, 3.63) is 54.1 Å². The number of aliphatic hydroxyl groups is 1. The van der Waals surface area contributed by atoms with Crippen molar-refractivity contribution in [1.82, 2.24) is 4.72 Å². The quantitative estimate of drug-likeness (QED) is 0.853. The van der Waals surface area contributed by atoms with Gasteiger partial charge in [0.1, 0.15) is 0 Å². The normalized spacial score (nSPS) is 13.3. The summed E-state index contributed by atoms with van der Waals surface area (Å²) in [4.78, 5) is 0.257. The van der Waals surface area contributed by atoms with Crippen LogP contribution < -0.4 is 4.72 Å². The zero-order valence-corrected chi connectivity index (χ0v) is 14.5. The first-order valence-corrected chi connectivity index (χ1v) is 9.14. The van der Waals surface area contributed by atoms with E-state index in [1.165, 1.54) is 0 Å². The van der Waals surface area contributed by atoms with Gasteiger partial charge in [-0.3, -0.25) is 0 Å². The Morgan fingerprint density at radius 1 is 1.00 bits per heavy atom. The molecular weight excluding hydrogens is 310 g/mol. The third-order valence-corrected chi connectivity index (χ3v) is 5.52. The van der Waals surface area contributed by atoms with Crippen LogP contribution in [0, 0.1) is 5.92 Å². The molecule has 5 heteroatoms. The van der Waals surface area contributed by atoms with Gasteiger partial charge in [-0.15, -0.1) is 0 Å². The molecule has 0 saturated heterocycles. The molecular formula is C18H23NO3S. The number of rotatable bonds is 6. The molecule has 0 aliphatic heterocycles. The van der Waals surface area contributed by atoms with Gasteiger partial charge in [0.05, 0.1) is 11.5 Å². The van der Waals surface area contributed by atoms with Gasteiger partial charge in [0.25, 0.3) is 0 Å². The molecule has 0 spiro atoms. The Balaban J connectivity index is 2.25. The van der Waals surface area contributed by atoms with Gasteiger partial charge in [0.15, 0.2) is 0 Å². The average molecular weight is 333 g/mol. The number of benzene rings is 2. The number of nitrogens with one attached hydrogen (secondary N) is 1. The molecule has 4 nitrogen and oxygen atoms in total. The summed E-state index contributed by atoms with van der Waals surface area (Å²) in [7, 11) is -3.51. The molecule has 2 aromatic carbocycles. The summed E-state index contributed by atoms with van der Waals surface area (Å²) in [6.45, 7) is 5.79. The van der Waals surface area contributed by atoms with Crippen LogP contribution in [0.25, 0.3) is 11.1 Å². The Hall–Kier alpha value is -1.69. The van der Waals surface area contributed by atoms with Crippen molar-refractivity contribution in [2.24, 2.45) is 5.92 Å². The van der Waals surface area contributed by atoms with E-state index >= 15 is 0 Å². The minimum Gasteiger partial charge on any atom is -0.392 e. The van der Waals surface area contributed by atoms with Crippen LogP contribution in [-0.2, 0) is 16.6 Å². The van der Waals surface area contributed by atoms with E-state index in [1.54, 1.807) is 24.3 Å². The largest absolute Gasteiger partial charge is 0.392 e. The maximum Gasteiger partial charge on any atom is 0.240 e. The highest BCUT2D eigenvalue weighted by atomic mass is 32.2. The molecule has 0 radical (unpaired) electrons. The van der Waals surface area contributed by atoms with Gasteiger partial charge < -0.3 is 5.11 Å². The number of hydrogen-bond acceptors (Lipinski definition) is 3. The van der Waals surface area contributed by atoms with Crippen molar-refractivity contribution >= 4 is 10.0 Å². The van der Waals surface area contributed by atoms with Crippen LogP contribution in [0.15, 0.2) is 53.4 Å². The van der Waals surface area contributed by atoms with Crippen molar-refractivity contribution in [3.63, 3.8) is 0 Å². The van der Waals surface area contributed by atoms with E-state index in [-0.39, 0.29) is 23.5 Å². The molecule has 0 aromatic heterocycles. The number of aliphatic hydroxyl groups excluding tert-OH is 1. The molecule has 2 N–H and O–H groups in total. The number of sulfonamides is 1. The molecule has 1 atom stereocenters. The lowest BCUT2D eigenvalue weighted by Gasteiger charge is -2.17. The van der Waals surface area contributed by atoms with Gasteiger partial charge in [-0.1, -0.05) is 44.2 Å². The first-order chi connectivity index (χ1) is 10.8. The maximum atomic E-state index is 12.4. The highest BCUT2D eigenvalue weighted by Crippen LogP contribution is 2.22. The Bertz CT molecular complexity index is 752. The summed E-state index contributed by atoms with van der Waals surface area (Å²) < 4.78 is 27.4. The zero-order chi connectivity index (χ0) is 17.0. The maximum absolute atomic E-state index is 12.4. The molecule has 23 heavy (non-hydrogen) atoms. The van der Waals surface area contributed by atoms with E-state index in [4.69, 9.17) is 0 Å². The van der Waals surface area contributed by atoms with E-state index < -0.39 is 10.0 Å². The molecule has 0 unspecified atom stereocenters. The monoisotopic (exact) mass is 333 g/mol. The zero-order valence-electron chi connectivity index (χ0n) is 13.7. The smallest absolute Gasteiger partial charge is 0.240 e. The summed E-state index contributed by atoms with van der Waals surface area (Å²) in [5.74, 6) is 0.227. The fraction of sp³-hybridized carbons (Fsp3) is 0.333. The van der Waals surface area contributed by atoms with Crippen molar-refractivity contribution in [1.29, 1.82) is 0 Å². The summed E-state index contributed by atoms with van der Waals surface area (Å²) in [6.07, 6.45) is 0. The highest BCUT2D eigenvalue weighted by Gasteiger charge is 2.19. The summed E-state index contributed by atoms with van der Waals surface area (Å²) >= 11 is 0. The van der Waals surface area contributed by atoms with E-state index in [9.17, 15) is 13.5 Å². The van der Waals surface area contributed by atoms with Gasteiger partial charge in [-0.2, -0.15) is 0 Å². The molecule has 0 bridgehead atoms. The third kappa shape index (κ3) is 4.41. The minimum atomic E-state index is -3.51. The molecule has 0 amide bonds. The topological polar surface area (TPSA) is 66.4 Å². The SMILES string of the molecule is CC(C)[C@H](C)NS(=O)(=O)c1ccc(-c2cccc(CO)c2)cc1. The average Bonchev–Trinajstić information content (AvgIpc) is 2.54. The van der Waals surface area contributed by atoms with Gasteiger partial charge in [0, 0.05) is 6.04 Å². The van der Waals surface area contributed by atoms with Crippen LogP contribution in [0.5, 0.6) is 0 Å². The predicted octanol–water partition coefficient (Wildman–Crippen LogP) is 3.17. The van der Waals surface area contributed by atoms with Crippen LogP contribution in [0.1, 0.15) is 26.3 Å². The van der Waals surface area contributed by atoms with Crippen LogP contribution >= 0.6 is 0 Å². The van der Waals surface area contributed by atoms with Crippen molar-refractivity contribution in [3.8, 4) is 11.1 Å². The van der Waals surface area contributed by atoms with Gasteiger partial charge >= 0.3 is 0 Å². The molecule has 2 rings (SSSR count). The van der Waals surface area contributed by atoms with Gasteiger partial charge in [-0.25, -0.2) is 13.1 Å². The first kappa shape index (κ1) is 17.7. The lowest BCUT2D eigenvalue weighted by Crippen LogP contribution is -2.36. The van der Waals surface area contributed by atoms with Crippen LogP contribution in [0.2, 0.25) is 0 Å². The highest BCUT2D eigenvalue weighted by molar-refractivity contribution is 7.89. The molecule has 0 heterocycles. The Morgan fingerprint density at radius 3 is 2.22 bits per heavy atom. The Labute approximate surface area is 138 Å². The lowest BCUT2D eigenvalue weighted by atomic mass is 10.0. The van der Waals surface area contributed by atoms with Crippen molar-refractivity contribution in [2.45, 2.75) is 38.3 Å². The molecule has 0 aliphatic carbocycles. The molecule has 0 saturated carbocycles. The molecule has 0 fully saturated rings. The van der Waals surface area contributed by atoms with Crippen LogP contribution in [-0.4, -0.2) is 19.6 Å².